The second-order valence-electron chi connectivity index (χ2n) is 29.2. The molecule has 0 aromatic carbocycles. The van der Waals surface area contributed by atoms with Crippen LogP contribution in [0.4, 0.5) is 0 Å². The Morgan fingerprint density at radius 3 is 1.61 bits per heavy atom. The van der Waals surface area contributed by atoms with Gasteiger partial charge >= 0.3 is 0 Å². The standard InChI is InChI=1S/C33H54N2O5S.C27H45NO2.C5H9N3O2S/c1-6-25-29-17-22(36)13-15-33(29,5)28-14-16-32(4)26(11-12-27(32)30(28)31(25)38)21(3)9-8-10-23(37)20-41(39,40)24-18-34-35(7-2)19-24;1-6-19-23-15-17(2)9-12-27(23,5)22-10-13-26(4)20(18(3)11-14-28-16-29)7-8-21(26)24(22)25(19)30;1-2-8-4-5(3-7-8)11(6,9)10/h18-19,21-22,25-31,36,38H,6-17,20H2,1-5H3;17-25,30H,6-15H2,1-5H3;3-4H,2H2,1H3,(H2,6,9,10)/t21-,22-,25-,26-,27+,28+,29+,30+,31-,32-,33-;17-,18-,19-,20-,21+,22+,23+,24+,25-,26-,27-;/m11./s1. The fraction of sp³-hybridized carbons (Fsp3) is 0.877. The third-order valence-corrected chi connectivity index (χ3v) is 27.9. The number of hydrogen-bond acceptors (Lipinski definition) is 12. The van der Waals surface area contributed by atoms with Crippen LogP contribution in [0.5, 0.6) is 0 Å². The van der Waals surface area contributed by atoms with Gasteiger partial charge in [-0.3, -0.25) is 14.2 Å². The van der Waals surface area contributed by atoms with Crippen molar-refractivity contribution in [2.24, 2.45) is 121 Å². The van der Waals surface area contributed by atoms with Crippen molar-refractivity contribution in [3.05, 3.63) is 24.8 Å². The van der Waals surface area contributed by atoms with Gasteiger partial charge < -0.3 is 15.3 Å². The number of hydrogen-bond donors (Lipinski definition) is 4. The van der Waals surface area contributed by atoms with E-state index in [0.29, 0.717) is 114 Å². The largest absolute Gasteiger partial charge is 0.393 e. The molecule has 0 bridgehead atoms. The summed E-state index contributed by atoms with van der Waals surface area (Å²) in [5, 5.41) is 46.9. The Labute approximate surface area is 494 Å². The number of Topliss-reactive ketones (excluding diaryl/α,β-unsaturated/α-hetero) is 1. The van der Waals surface area contributed by atoms with Gasteiger partial charge in [-0.25, -0.2) is 31.8 Å². The molecular weight excluding hydrogens is 1070 g/mol. The molecule has 10 rings (SSSR count). The minimum Gasteiger partial charge on any atom is -0.393 e. The van der Waals surface area contributed by atoms with Crippen LogP contribution in [0.3, 0.4) is 0 Å². The number of nitrogens with zero attached hydrogens (tertiary/aromatic N) is 5. The summed E-state index contributed by atoms with van der Waals surface area (Å²) in [6, 6.07) is 0. The highest BCUT2D eigenvalue weighted by Crippen LogP contribution is 2.72. The average Bonchev–Trinajstić information content (AvgIpc) is 4.36. The monoisotopic (exact) mass is 1180 g/mol. The number of primary sulfonamides is 1. The van der Waals surface area contributed by atoms with Gasteiger partial charge in [-0.05, 0) is 221 Å². The number of sulfone groups is 1. The molecule has 8 aliphatic carbocycles. The number of nitrogens with two attached hydrogens (primary N) is 1. The van der Waals surface area contributed by atoms with Gasteiger partial charge in [-0.1, -0.05) is 88.0 Å². The number of isocyanates is 1. The number of sulfonamides is 1. The smallest absolute Gasteiger partial charge is 0.241 e. The van der Waals surface area contributed by atoms with Crippen LogP contribution >= 0.6 is 0 Å². The number of aromatic nitrogens is 4. The van der Waals surface area contributed by atoms with Crippen LogP contribution in [0.15, 0.2) is 39.6 Å². The average molecular weight is 1180 g/mol. The normalized spacial score (nSPS) is 41.0. The number of carbonyl (C=O) groups is 1. The Bertz CT molecular complexity index is 2760. The zero-order valence-corrected chi connectivity index (χ0v) is 53.7. The highest BCUT2D eigenvalue weighted by Gasteiger charge is 2.67. The van der Waals surface area contributed by atoms with Gasteiger partial charge in [0.25, 0.3) is 0 Å². The maximum Gasteiger partial charge on any atom is 0.241 e. The van der Waals surface area contributed by atoms with E-state index in [1.807, 2.05) is 13.8 Å². The minimum atomic E-state index is -3.65. The topological polar surface area (TPSA) is 237 Å². The van der Waals surface area contributed by atoms with Crippen molar-refractivity contribution in [2.45, 2.75) is 246 Å². The van der Waals surface area contributed by atoms with Crippen molar-refractivity contribution < 1.29 is 41.7 Å². The fourth-order valence-electron chi connectivity index (χ4n) is 21.1. The summed E-state index contributed by atoms with van der Waals surface area (Å²) in [5.41, 5.74) is 1.19. The lowest BCUT2D eigenvalue weighted by Crippen LogP contribution is -2.62. The van der Waals surface area contributed by atoms with Gasteiger partial charge in [-0.2, -0.15) is 10.2 Å². The zero-order valence-electron chi connectivity index (χ0n) is 52.1. The van der Waals surface area contributed by atoms with E-state index in [4.69, 9.17) is 5.14 Å². The van der Waals surface area contributed by atoms with Crippen LogP contribution in [0.25, 0.3) is 0 Å². The maximum atomic E-state index is 12.7. The maximum absolute atomic E-state index is 12.7. The summed E-state index contributed by atoms with van der Waals surface area (Å²) in [4.78, 5) is 27.2. The van der Waals surface area contributed by atoms with Crippen molar-refractivity contribution >= 4 is 31.7 Å². The van der Waals surface area contributed by atoms with E-state index in [2.05, 4.69) is 77.5 Å². The van der Waals surface area contributed by atoms with E-state index in [-0.39, 0.29) is 50.6 Å². The molecule has 0 aliphatic heterocycles. The quantitative estimate of drug-likeness (QED) is 0.0858. The lowest BCUT2D eigenvalue weighted by molar-refractivity contribution is -0.203. The lowest BCUT2D eigenvalue weighted by Gasteiger charge is -2.65. The summed E-state index contributed by atoms with van der Waals surface area (Å²) in [7, 11) is -7.23. The van der Waals surface area contributed by atoms with Crippen LogP contribution in [-0.4, -0.2) is 94.2 Å². The molecule has 0 radical (unpaired) electrons. The number of fused-ring (bicyclic) bond motifs is 10. The highest BCUT2D eigenvalue weighted by molar-refractivity contribution is 7.92. The Kier molecular flexibility index (Phi) is 20.6. The first-order valence-corrected chi connectivity index (χ1v) is 35.8. The van der Waals surface area contributed by atoms with Crippen molar-refractivity contribution in [1.82, 2.24) is 19.6 Å². The van der Waals surface area contributed by atoms with E-state index in [9.17, 15) is 41.7 Å². The third kappa shape index (κ3) is 12.5. The molecule has 8 fully saturated rings. The summed E-state index contributed by atoms with van der Waals surface area (Å²) in [6.07, 6.45) is 28.4. The molecule has 464 valence electrons. The molecular formula is C65H108N6O9S2. The molecule has 22 atom stereocenters. The van der Waals surface area contributed by atoms with Crippen LogP contribution in [0, 0.1) is 110 Å². The minimum absolute atomic E-state index is 0.0550. The van der Waals surface area contributed by atoms with Crippen LogP contribution in [0.1, 0.15) is 205 Å². The Morgan fingerprint density at radius 1 is 0.671 bits per heavy atom. The molecule has 0 spiro atoms. The summed E-state index contributed by atoms with van der Waals surface area (Å²) < 4.78 is 49.8. The number of carbonyl (C=O) groups excluding carboxylic acids is 2. The Hall–Kier alpha value is -2.79. The van der Waals surface area contributed by atoms with Gasteiger partial charge in [-0.15, -0.1) is 0 Å². The molecule has 2 aromatic rings. The van der Waals surface area contributed by atoms with Gasteiger partial charge in [0.2, 0.25) is 16.1 Å². The van der Waals surface area contributed by atoms with E-state index in [0.717, 1.165) is 57.3 Å². The molecule has 0 amide bonds. The van der Waals surface area contributed by atoms with E-state index < -0.39 is 25.6 Å². The molecule has 0 unspecified atom stereocenters. The zero-order chi connectivity index (χ0) is 59.9. The number of aryl methyl sites for hydroxylation is 2. The predicted molar refractivity (Wildman–Crippen MR) is 321 cm³/mol. The number of ketones is 1. The molecule has 8 aliphatic rings. The Morgan fingerprint density at radius 2 is 1.13 bits per heavy atom. The number of aliphatic hydroxyl groups excluding tert-OH is 3. The second-order valence-corrected chi connectivity index (χ2v) is 32.8. The van der Waals surface area contributed by atoms with E-state index in [1.54, 1.807) is 10.8 Å². The van der Waals surface area contributed by atoms with Crippen LogP contribution < -0.4 is 5.14 Å². The molecule has 82 heavy (non-hydrogen) atoms. The summed E-state index contributed by atoms with van der Waals surface area (Å²) in [6.45, 7) is 27.4. The first-order valence-electron chi connectivity index (χ1n) is 32.6. The summed E-state index contributed by atoms with van der Waals surface area (Å²) >= 11 is 0. The first kappa shape index (κ1) is 65.2. The Balaban J connectivity index is 0.000000187. The van der Waals surface area contributed by atoms with Crippen molar-refractivity contribution in [2.75, 3.05) is 12.3 Å². The number of rotatable bonds is 17. The van der Waals surface area contributed by atoms with Crippen LogP contribution in [0.2, 0.25) is 0 Å². The highest BCUT2D eigenvalue weighted by atomic mass is 32.2. The molecule has 2 heterocycles. The molecule has 8 saturated carbocycles. The number of aliphatic imine (C=N–C) groups is 1. The molecule has 5 N–H and O–H groups in total. The van der Waals surface area contributed by atoms with Crippen molar-refractivity contribution in [3.63, 3.8) is 0 Å². The first-order chi connectivity index (χ1) is 38.7. The fourth-order valence-corrected chi connectivity index (χ4v) is 22.8. The number of aliphatic hydroxyl groups is 3. The van der Waals surface area contributed by atoms with Crippen molar-refractivity contribution in [3.8, 4) is 0 Å². The van der Waals surface area contributed by atoms with Crippen molar-refractivity contribution in [1.29, 1.82) is 0 Å². The third-order valence-electron chi connectivity index (χ3n) is 25.4. The predicted octanol–water partition coefficient (Wildman–Crippen LogP) is 11.5. The molecule has 0 saturated heterocycles. The van der Waals surface area contributed by atoms with E-state index >= 15 is 0 Å². The molecule has 17 heteroatoms. The van der Waals surface area contributed by atoms with Crippen LogP contribution in [-0.2, 0) is 42.5 Å². The summed E-state index contributed by atoms with van der Waals surface area (Å²) in [5.74, 6) is 7.64. The van der Waals surface area contributed by atoms with Gasteiger partial charge in [0.05, 0.1) is 37.3 Å². The van der Waals surface area contributed by atoms with Gasteiger partial charge in [0, 0.05) is 31.9 Å². The molecule has 15 nitrogen and oxygen atoms in total. The lowest BCUT2D eigenvalue weighted by atomic mass is 9.41. The second kappa shape index (κ2) is 25.9. The molecule has 2 aromatic heterocycles. The van der Waals surface area contributed by atoms with Gasteiger partial charge in [0.1, 0.15) is 21.3 Å². The van der Waals surface area contributed by atoms with Gasteiger partial charge in [0.15, 0.2) is 9.84 Å². The SMILES string of the molecule is CC[C@H]1[C@@H](O)[C@@H]2[C@H](CC[C@]3(C)[C@@H]([C@H](C)CCCC(=O)CS(=O)(=O)c4cnn(CC)c4)CC[C@@H]23)[C@@]2(C)CC[C@@H](O)C[C@@H]12.CC[C@H]1[C@@H](O)[C@@H]2[C@H](CC[C@]3(C)[C@@H]([C@H](C)CCN=C=O)CC[C@@H]23)[C@@]2(C)CC[C@@H](C)C[C@@H]12.CCn1cc(S(N)(=O)=O)cn1. The van der Waals surface area contributed by atoms with E-state index in [1.165, 1.54) is 100 Å².